The van der Waals surface area contributed by atoms with Crippen LogP contribution in [0.1, 0.15) is 42.5 Å². The van der Waals surface area contributed by atoms with Crippen molar-refractivity contribution in [2.24, 2.45) is 0 Å². The zero-order chi connectivity index (χ0) is 24.9. The summed E-state index contributed by atoms with van der Waals surface area (Å²) in [5, 5.41) is 4.06. The zero-order valence-corrected chi connectivity index (χ0v) is 22.9. The number of fused-ring (bicyclic) bond motifs is 1. The van der Waals surface area contributed by atoms with E-state index in [4.69, 9.17) is 26.4 Å². The fraction of sp³-hybridized carbons (Fsp3) is 0.321. The highest BCUT2D eigenvalue weighted by Crippen LogP contribution is 2.39. The lowest BCUT2D eigenvalue weighted by atomic mass is 9.92. The highest BCUT2D eigenvalue weighted by Gasteiger charge is 2.31. The number of thiocarbonyl (C=S) groups is 1. The van der Waals surface area contributed by atoms with Crippen LogP contribution in [0.25, 0.3) is 0 Å². The number of halogens is 1. The molecule has 0 spiro atoms. The maximum Gasteiger partial charge on any atom is 0.174 e. The quantitative estimate of drug-likeness (QED) is 0.318. The van der Waals surface area contributed by atoms with Crippen LogP contribution in [-0.4, -0.2) is 37.4 Å². The van der Waals surface area contributed by atoms with Gasteiger partial charge in [-0.1, -0.05) is 41.9 Å². The van der Waals surface area contributed by atoms with Gasteiger partial charge in [-0.15, -0.1) is 0 Å². The molecule has 1 unspecified atom stereocenters. The van der Waals surface area contributed by atoms with Crippen LogP contribution in [0.2, 0.25) is 0 Å². The number of hydrogen-bond acceptors (Lipinski definition) is 4. The molecule has 1 aliphatic heterocycles. The Morgan fingerprint density at radius 3 is 2.31 bits per heavy atom. The van der Waals surface area contributed by atoms with Crippen molar-refractivity contribution in [3.05, 3.63) is 81.8 Å². The summed E-state index contributed by atoms with van der Waals surface area (Å²) in [6.45, 7) is 5.60. The zero-order valence-electron chi connectivity index (χ0n) is 20.5. The molecular formula is C28H31BrN2O3S. The van der Waals surface area contributed by atoms with Gasteiger partial charge in [0.2, 0.25) is 0 Å². The largest absolute Gasteiger partial charge is 0.493 e. The normalized spacial score (nSPS) is 14.9. The van der Waals surface area contributed by atoms with Crippen LogP contribution in [0.4, 0.5) is 5.69 Å². The van der Waals surface area contributed by atoms with Gasteiger partial charge in [0.25, 0.3) is 0 Å². The number of rotatable bonds is 7. The molecule has 0 radical (unpaired) electrons. The molecule has 0 bridgehead atoms. The van der Waals surface area contributed by atoms with Crippen molar-refractivity contribution in [2.75, 3.05) is 32.7 Å². The van der Waals surface area contributed by atoms with Crippen LogP contribution < -0.4 is 19.5 Å². The Morgan fingerprint density at radius 1 is 1.03 bits per heavy atom. The van der Waals surface area contributed by atoms with Crippen LogP contribution in [0.15, 0.2) is 65.1 Å². The van der Waals surface area contributed by atoms with Crippen LogP contribution in [-0.2, 0) is 6.42 Å². The SMILES string of the molecule is COc1cc2c(cc1OC)C(COc1ccc(C(C)C)cc1)N(C(=S)Nc1ccc(Br)cc1)CC2. The second-order valence-electron chi connectivity index (χ2n) is 8.84. The van der Waals surface area contributed by atoms with Crippen molar-refractivity contribution in [1.29, 1.82) is 0 Å². The van der Waals surface area contributed by atoms with Crippen molar-refractivity contribution in [2.45, 2.75) is 32.2 Å². The summed E-state index contributed by atoms with van der Waals surface area (Å²) in [5.41, 5.74) is 4.58. The summed E-state index contributed by atoms with van der Waals surface area (Å²) in [6, 6.07) is 20.4. The van der Waals surface area contributed by atoms with E-state index in [2.05, 4.69) is 64.3 Å². The molecule has 0 saturated carbocycles. The molecular weight excluding hydrogens is 524 g/mol. The van der Waals surface area contributed by atoms with Gasteiger partial charge in [0, 0.05) is 16.7 Å². The van der Waals surface area contributed by atoms with Gasteiger partial charge in [-0.3, -0.25) is 0 Å². The summed E-state index contributed by atoms with van der Waals surface area (Å²) in [5.74, 6) is 2.76. The van der Waals surface area contributed by atoms with Crippen LogP contribution in [0.3, 0.4) is 0 Å². The molecule has 3 aromatic carbocycles. The first kappa shape index (κ1) is 25.3. The number of benzene rings is 3. The summed E-state index contributed by atoms with van der Waals surface area (Å²) < 4.78 is 18.5. The number of methoxy groups -OCH3 is 2. The second kappa shape index (κ2) is 11.3. The highest BCUT2D eigenvalue weighted by molar-refractivity contribution is 9.10. The molecule has 5 nitrogen and oxygen atoms in total. The molecule has 184 valence electrons. The lowest BCUT2D eigenvalue weighted by Crippen LogP contribution is -2.44. The monoisotopic (exact) mass is 554 g/mol. The number of nitrogens with zero attached hydrogens (tertiary/aromatic N) is 1. The predicted octanol–water partition coefficient (Wildman–Crippen LogP) is 6.96. The van der Waals surface area contributed by atoms with Gasteiger partial charge in [-0.2, -0.15) is 0 Å². The molecule has 1 N–H and O–H groups in total. The third kappa shape index (κ3) is 5.90. The Balaban J connectivity index is 1.62. The van der Waals surface area contributed by atoms with Gasteiger partial charge < -0.3 is 24.4 Å². The predicted molar refractivity (Wildman–Crippen MR) is 149 cm³/mol. The Labute approximate surface area is 221 Å². The summed E-state index contributed by atoms with van der Waals surface area (Å²) in [4.78, 5) is 2.20. The maximum absolute atomic E-state index is 6.31. The summed E-state index contributed by atoms with van der Waals surface area (Å²) >= 11 is 9.36. The van der Waals surface area contributed by atoms with Gasteiger partial charge in [-0.05, 0) is 89.8 Å². The fourth-order valence-electron chi connectivity index (χ4n) is 4.30. The van der Waals surface area contributed by atoms with Gasteiger partial charge >= 0.3 is 0 Å². The van der Waals surface area contributed by atoms with E-state index >= 15 is 0 Å². The molecule has 0 aromatic heterocycles. The first-order valence-electron chi connectivity index (χ1n) is 11.7. The Kier molecular flexibility index (Phi) is 8.19. The first-order chi connectivity index (χ1) is 16.9. The molecule has 0 amide bonds. The van der Waals surface area contributed by atoms with E-state index in [0.717, 1.165) is 40.2 Å². The first-order valence-corrected chi connectivity index (χ1v) is 12.9. The van der Waals surface area contributed by atoms with Crippen LogP contribution >= 0.6 is 28.1 Å². The molecule has 1 heterocycles. The van der Waals surface area contributed by atoms with Crippen LogP contribution in [0, 0.1) is 0 Å². The summed E-state index contributed by atoms with van der Waals surface area (Å²) in [7, 11) is 3.32. The van der Waals surface area contributed by atoms with Gasteiger partial charge in [0.15, 0.2) is 16.6 Å². The van der Waals surface area contributed by atoms with Crippen molar-refractivity contribution < 1.29 is 14.2 Å². The van der Waals surface area contributed by atoms with Crippen LogP contribution in [0.5, 0.6) is 17.2 Å². The third-order valence-corrected chi connectivity index (χ3v) is 7.18. The molecule has 0 fully saturated rings. The minimum Gasteiger partial charge on any atom is -0.493 e. The topological polar surface area (TPSA) is 43.0 Å². The maximum atomic E-state index is 6.31. The van der Waals surface area contributed by atoms with E-state index < -0.39 is 0 Å². The fourth-order valence-corrected chi connectivity index (χ4v) is 4.90. The molecule has 7 heteroatoms. The number of hydrogen-bond donors (Lipinski definition) is 1. The lowest BCUT2D eigenvalue weighted by Gasteiger charge is -2.39. The van der Waals surface area contributed by atoms with E-state index in [1.807, 2.05) is 36.4 Å². The van der Waals surface area contributed by atoms with E-state index in [1.54, 1.807) is 14.2 Å². The van der Waals surface area contributed by atoms with Gasteiger partial charge in [0.1, 0.15) is 12.4 Å². The molecule has 4 rings (SSSR count). The van der Waals surface area contributed by atoms with Gasteiger partial charge in [0.05, 0.1) is 20.3 Å². The average Bonchev–Trinajstić information content (AvgIpc) is 2.87. The van der Waals surface area contributed by atoms with E-state index in [0.29, 0.717) is 23.4 Å². The highest BCUT2D eigenvalue weighted by atomic mass is 79.9. The number of ether oxygens (including phenoxy) is 3. The minimum atomic E-state index is -0.0845. The van der Waals surface area contributed by atoms with Crippen molar-refractivity contribution in [3.8, 4) is 17.2 Å². The standard InChI is InChI=1S/C28H31BrN2O3S/c1-18(2)19-5-11-23(12-6-19)34-17-25-24-16-27(33-4)26(32-3)15-20(24)13-14-31(25)28(35)30-22-9-7-21(29)8-10-22/h5-12,15-16,18,25H,13-14,17H2,1-4H3,(H,30,35). The summed E-state index contributed by atoms with van der Waals surface area (Å²) in [6.07, 6.45) is 0.845. The number of anilines is 1. The lowest BCUT2D eigenvalue weighted by molar-refractivity contribution is 0.190. The smallest absolute Gasteiger partial charge is 0.174 e. The minimum absolute atomic E-state index is 0.0845. The molecule has 3 aromatic rings. The second-order valence-corrected chi connectivity index (χ2v) is 10.1. The molecule has 0 aliphatic carbocycles. The Morgan fingerprint density at radius 2 is 1.69 bits per heavy atom. The van der Waals surface area contributed by atoms with E-state index in [9.17, 15) is 0 Å². The Hall–Kier alpha value is -2.77. The molecule has 1 aliphatic rings. The van der Waals surface area contributed by atoms with Crippen molar-refractivity contribution >= 4 is 38.9 Å². The Bertz CT molecular complexity index is 1170. The molecule has 35 heavy (non-hydrogen) atoms. The van der Waals surface area contributed by atoms with Crippen molar-refractivity contribution in [3.63, 3.8) is 0 Å². The molecule has 0 saturated heterocycles. The van der Waals surface area contributed by atoms with Crippen molar-refractivity contribution in [1.82, 2.24) is 4.90 Å². The number of nitrogens with one attached hydrogen (secondary N) is 1. The molecule has 1 atom stereocenters. The van der Waals surface area contributed by atoms with Gasteiger partial charge in [-0.25, -0.2) is 0 Å². The average molecular weight is 556 g/mol. The van der Waals surface area contributed by atoms with E-state index in [-0.39, 0.29) is 6.04 Å². The third-order valence-electron chi connectivity index (χ3n) is 6.31. The van der Waals surface area contributed by atoms with E-state index in [1.165, 1.54) is 11.1 Å².